The predicted octanol–water partition coefficient (Wildman–Crippen LogP) is 3.87. The maximum Gasteiger partial charge on any atom is 0.471 e. The summed E-state index contributed by atoms with van der Waals surface area (Å²) in [4.78, 5) is 12.6. The monoisotopic (exact) mass is 271 g/mol. The van der Waals surface area contributed by atoms with Crippen LogP contribution in [0.3, 0.4) is 0 Å². The number of benzene rings is 1. The van der Waals surface area contributed by atoms with Crippen LogP contribution in [0.1, 0.15) is 38.7 Å². The molecule has 0 bridgehead atoms. The summed E-state index contributed by atoms with van der Waals surface area (Å²) in [7, 11) is 0. The maximum atomic E-state index is 12.8. The third-order valence-electron chi connectivity index (χ3n) is 3.57. The van der Waals surface area contributed by atoms with Gasteiger partial charge in [0, 0.05) is 11.2 Å². The molecule has 0 spiro atoms. The molecule has 2 nitrogen and oxygen atoms in total. The SMILES string of the molecule is C[C@H]1CC(C)(C)N(C(=O)C(F)(F)F)c2ccccc21. The molecule has 1 aromatic carbocycles. The van der Waals surface area contributed by atoms with Crippen LogP contribution in [0.15, 0.2) is 24.3 Å². The average Bonchev–Trinajstić information content (AvgIpc) is 2.26. The van der Waals surface area contributed by atoms with Gasteiger partial charge >= 0.3 is 12.1 Å². The Balaban J connectivity index is 2.57. The van der Waals surface area contributed by atoms with Crippen LogP contribution in [0.2, 0.25) is 0 Å². The van der Waals surface area contributed by atoms with Gasteiger partial charge in [-0.15, -0.1) is 0 Å². The highest BCUT2D eigenvalue weighted by Crippen LogP contribution is 2.44. The van der Waals surface area contributed by atoms with E-state index >= 15 is 0 Å². The Morgan fingerprint density at radius 2 is 1.89 bits per heavy atom. The van der Waals surface area contributed by atoms with Crippen molar-refractivity contribution in [2.24, 2.45) is 0 Å². The van der Waals surface area contributed by atoms with E-state index in [-0.39, 0.29) is 5.92 Å². The number of carbonyl (C=O) groups excluding carboxylic acids is 1. The van der Waals surface area contributed by atoms with Crippen LogP contribution in [-0.2, 0) is 4.79 Å². The standard InChI is InChI=1S/C14H16F3NO/c1-9-8-13(2,3)18(12(19)14(15,16)17)11-7-5-4-6-10(9)11/h4-7,9H,8H2,1-3H3/t9-/m0/s1. The van der Waals surface area contributed by atoms with Crippen molar-refractivity contribution < 1.29 is 18.0 Å². The van der Waals surface area contributed by atoms with E-state index in [0.717, 1.165) is 10.5 Å². The Morgan fingerprint density at radius 3 is 2.47 bits per heavy atom. The van der Waals surface area contributed by atoms with Crippen LogP contribution in [0, 0.1) is 0 Å². The Hall–Kier alpha value is -1.52. The number of carbonyl (C=O) groups is 1. The summed E-state index contributed by atoms with van der Waals surface area (Å²) in [6.45, 7) is 5.31. The molecular formula is C14H16F3NO. The molecule has 0 fully saturated rings. The predicted molar refractivity (Wildman–Crippen MR) is 67.1 cm³/mol. The van der Waals surface area contributed by atoms with Gasteiger partial charge in [0.2, 0.25) is 0 Å². The van der Waals surface area contributed by atoms with Crippen molar-refractivity contribution in [1.29, 1.82) is 0 Å². The molecule has 1 aliphatic rings. The third kappa shape index (κ3) is 2.33. The number of hydrogen-bond donors (Lipinski definition) is 0. The quantitative estimate of drug-likeness (QED) is 0.701. The number of halogens is 3. The van der Waals surface area contributed by atoms with E-state index in [1.54, 1.807) is 38.1 Å². The lowest BCUT2D eigenvalue weighted by Crippen LogP contribution is -2.55. The van der Waals surface area contributed by atoms with Crippen molar-refractivity contribution in [3.05, 3.63) is 29.8 Å². The molecule has 1 aliphatic heterocycles. The van der Waals surface area contributed by atoms with E-state index in [4.69, 9.17) is 0 Å². The van der Waals surface area contributed by atoms with E-state index < -0.39 is 17.6 Å². The van der Waals surface area contributed by atoms with Gasteiger partial charge in [-0.25, -0.2) is 0 Å². The van der Waals surface area contributed by atoms with Gasteiger partial charge < -0.3 is 0 Å². The van der Waals surface area contributed by atoms with Gasteiger partial charge in [0.05, 0.1) is 0 Å². The van der Waals surface area contributed by atoms with Crippen molar-refractivity contribution in [3.8, 4) is 0 Å². The van der Waals surface area contributed by atoms with Crippen molar-refractivity contribution >= 4 is 11.6 Å². The van der Waals surface area contributed by atoms with Gasteiger partial charge in [-0.2, -0.15) is 13.2 Å². The van der Waals surface area contributed by atoms with Crippen molar-refractivity contribution in [2.75, 3.05) is 4.90 Å². The van der Waals surface area contributed by atoms with Crippen LogP contribution >= 0.6 is 0 Å². The fraction of sp³-hybridized carbons (Fsp3) is 0.500. The molecule has 1 heterocycles. The topological polar surface area (TPSA) is 20.3 Å². The minimum atomic E-state index is -4.86. The van der Waals surface area contributed by atoms with Crippen molar-refractivity contribution in [1.82, 2.24) is 0 Å². The van der Waals surface area contributed by atoms with Crippen LogP contribution in [0.4, 0.5) is 18.9 Å². The lowest BCUT2D eigenvalue weighted by atomic mass is 9.80. The largest absolute Gasteiger partial charge is 0.471 e. The zero-order chi connectivity index (χ0) is 14.4. The van der Waals surface area contributed by atoms with Crippen LogP contribution < -0.4 is 4.90 Å². The molecule has 0 unspecified atom stereocenters. The van der Waals surface area contributed by atoms with Gasteiger partial charge in [0.1, 0.15) is 0 Å². The first kappa shape index (κ1) is 13.9. The second-order valence-corrected chi connectivity index (χ2v) is 5.61. The molecule has 19 heavy (non-hydrogen) atoms. The van der Waals surface area contributed by atoms with Gasteiger partial charge in [0.15, 0.2) is 0 Å². The number of amides is 1. The number of hydrogen-bond acceptors (Lipinski definition) is 1. The number of nitrogens with zero attached hydrogens (tertiary/aromatic N) is 1. The average molecular weight is 271 g/mol. The first-order chi connectivity index (χ1) is 8.64. The Bertz CT molecular complexity index is 508. The highest BCUT2D eigenvalue weighted by molar-refractivity contribution is 5.99. The number of anilines is 1. The minimum absolute atomic E-state index is 0.128. The summed E-state index contributed by atoms with van der Waals surface area (Å²) in [5.41, 5.74) is 0.313. The smallest absolute Gasteiger partial charge is 0.299 e. The van der Waals surface area contributed by atoms with Crippen LogP contribution in [0.25, 0.3) is 0 Å². The van der Waals surface area contributed by atoms with E-state index in [0.29, 0.717) is 12.1 Å². The summed E-state index contributed by atoms with van der Waals surface area (Å²) in [6, 6.07) is 6.80. The van der Waals surface area contributed by atoms with E-state index in [1.165, 1.54) is 0 Å². The molecule has 1 amide bonds. The normalized spacial score (nSPS) is 22.0. The highest BCUT2D eigenvalue weighted by atomic mass is 19.4. The van der Waals surface area contributed by atoms with E-state index in [1.807, 2.05) is 6.92 Å². The number of fused-ring (bicyclic) bond motifs is 1. The molecule has 1 aromatic rings. The second kappa shape index (κ2) is 4.25. The Kier molecular flexibility index (Phi) is 3.11. The highest BCUT2D eigenvalue weighted by Gasteiger charge is 2.50. The fourth-order valence-electron chi connectivity index (χ4n) is 2.90. The van der Waals surface area contributed by atoms with E-state index in [2.05, 4.69) is 0 Å². The van der Waals surface area contributed by atoms with Crippen LogP contribution in [0.5, 0.6) is 0 Å². The minimum Gasteiger partial charge on any atom is -0.299 e. The zero-order valence-electron chi connectivity index (χ0n) is 11.1. The Labute approximate surface area is 110 Å². The second-order valence-electron chi connectivity index (χ2n) is 5.61. The fourth-order valence-corrected chi connectivity index (χ4v) is 2.90. The summed E-state index contributed by atoms with van der Waals surface area (Å²) in [6.07, 6.45) is -4.35. The van der Waals surface area contributed by atoms with Crippen molar-refractivity contribution in [3.63, 3.8) is 0 Å². The number of alkyl halides is 3. The molecule has 0 radical (unpaired) electrons. The molecule has 5 heteroatoms. The molecule has 2 rings (SSSR count). The Morgan fingerprint density at radius 1 is 1.32 bits per heavy atom. The summed E-state index contributed by atoms with van der Waals surface area (Å²) in [5.74, 6) is -1.67. The van der Waals surface area contributed by atoms with E-state index in [9.17, 15) is 18.0 Å². The van der Waals surface area contributed by atoms with Gasteiger partial charge in [-0.3, -0.25) is 9.69 Å². The molecule has 1 atom stereocenters. The summed E-state index contributed by atoms with van der Waals surface area (Å²) < 4.78 is 38.3. The summed E-state index contributed by atoms with van der Waals surface area (Å²) >= 11 is 0. The molecule has 0 aromatic heterocycles. The van der Waals surface area contributed by atoms with Crippen molar-refractivity contribution in [2.45, 2.75) is 44.8 Å². The molecule has 0 aliphatic carbocycles. The number of para-hydroxylation sites is 1. The summed E-state index contributed by atoms with van der Waals surface area (Å²) in [5, 5.41) is 0. The molecule has 0 saturated heterocycles. The zero-order valence-corrected chi connectivity index (χ0v) is 11.1. The molecule has 104 valence electrons. The first-order valence-corrected chi connectivity index (χ1v) is 6.15. The van der Waals surface area contributed by atoms with Crippen LogP contribution in [-0.4, -0.2) is 17.6 Å². The molecule has 0 saturated carbocycles. The number of rotatable bonds is 0. The van der Waals surface area contributed by atoms with Gasteiger partial charge in [0.25, 0.3) is 0 Å². The van der Waals surface area contributed by atoms with Gasteiger partial charge in [-0.1, -0.05) is 25.1 Å². The first-order valence-electron chi connectivity index (χ1n) is 6.15. The lowest BCUT2D eigenvalue weighted by Gasteiger charge is -2.46. The third-order valence-corrected chi connectivity index (χ3v) is 3.57. The maximum absolute atomic E-state index is 12.8. The van der Waals surface area contributed by atoms with Gasteiger partial charge in [-0.05, 0) is 37.8 Å². The molecule has 0 N–H and O–H groups in total. The lowest BCUT2D eigenvalue weighted by molar-refractivity contribution is -0.171. The molecular weight excluding hydrogens is 255 g/mol.